The summed E-state index contributed by atoms with van der Waals surface area (Å²) < 4.78 is 27.7. The molecule has 17 nitrogen and oxygen atoms in total. The fraction of sp³-hybridized carbons (Fsp3) is 0.243. The third-order valence-electron chi connectivity index (χ3n) is 10.2. The normalized spacial score (nSPS) is 22.7. The minimum atomic E-state index is -1.27. The molecule has 9 rings (SSSR count). The van der Waals surface area contributed by atoms with Crippen molar-refractivity contribution in [1.82, 2.24) is 29.1 Å². The molecule has 0 spiro atoms. The zero-order valence-electron chi connectivity index (χ0n) is 28.6. The molecule has 5 atom stereocenters. The van der Waals surface area contributed by atoms with Crippen molar-refractivity contribution in [2.75, 3.05) is 18.1 Å². The molecule has 0 saturated carbocycles. The summed E-state index contributed by atoms with van der Waals surface area (Å²) in [6.45, 7) is 0.645. The highest BCUT2D eigenvalue weighted by Gasteiger charge is 2.49. The predicted octanol–water partition coefficient (Wildman–Crippen LogP) is 3.46. The van der Waals surface area contributed by atoms with Crippen molar-refractivity contribution in [1.29, 1.82) is 0 Å². The zero-order chi connectivity index (χ0) is 37.5. The quantitative estimate of drug-likeness (QED) is 0.118. The highest BCUT2D eigenvalue weighted by atomic mass is 16.6. The third kappa shape index (κ3) is 5.01. The molecule has 276 valence electrons. The Bertz CT molecular complexity index is 2630. The monoisotopic (exact) mass is 734 g/mol. The van der Waals surface area contributed by atoms with Gasteiger partial charge in [-0.2, -0.15) is 0 Å². The summed E-state index contributed by atoms with van der Waals surface area (Å²) in [5.74, 6) is -0.950. The van der Waals surface area contributed by atoms with Gasteiger partial charge in [-0.25, -0.2) is 19.9 Å². The van der Waals surface area contributed by atoms with Gasteiger partial charge in [0.05, 0.1) is 23.8 Å². The fourth-order valence-electron chi connectivity index (χ4n) is 7.47. The van der Waals surface area contributed by atoms with Crippen molar-refractivity contribution < 1.29 is 44.2 Å². The van der Waals surface area contributed by atoms with Crippen LogP contribution in [0.25, 0.3) is 49.9 Å². The molecule has 1 fully saturated rings. The molecule has 1 saturated heterocycles. The number of fused-ring (bicyclic) bond motifs is 3. The molecule has 2 aliphatic heterocycles. The van der Waals surface area contributed by atoms with Crippen LogP contribution in [0, 0.1) is 0 Å². The number of aromatic hydroxyl groups is 2. The Hall–Kier alpha value is -6.40. The molecule has 2 aromatic carbocycles. The second kappa shape index (κ2) is 12.3. The van der Waals surface area contributed by atoms with Gasteiger partial charge in [-0.05, 0) is 29.3 Å². The number of anilines is 2. The predicted molar refractivity (Wildman–Crippen MR) is 193 cm³/mol. The Kier molecular flexibility index (Phi) is 7.64. The van der Waals surface area contributed by atoms with Gasteiger partial charge in [-0.3, -0.25) is 4.57 Å². The second-order valence-electron chi connectivity index (χ2n) is 13.5. The lowest BCUT2D eigenvalue weighted by atomic mass is 9.93. The first-order valence-corrected chi connectivity index (χ1v) is 16.9. The van der Waals surface area contributed by atoms with Gasteiger partial charge < -0.3 is 60.2 Å². The van der Waals surface area contributed by atoms with Crippen LogP contribution >= 0.6 is 0 Å². The molecule has 0 amide bonds. The first kappa shape index (κ1) is 33.4. The maximum absolute atomic E-state index is 11.5. The van der Waals surface area contributed by atoms with E-state index in [0.29, 0.717) is 27.7 Å². The van der Waals surface area contributed by atoms with Crippen LogP contribution in [0.5, 0.6) is 11.5 Å². The number of nitrogen functional groups attached to an aromatic ring is 2. The molecule has 7 heterocycles. The van der Waals surface area contributed by atoms with Crippen LogP contribution in [0.2, 0.25) is 0 Å². The van der Waals surface area contributed by atoms with Crippen LogP contribution < -0.4 is 11.5 Å². The molecular weight excluding hydrogens is 700 g/mol. The van der Waals surface area contributed by atoms with E-state index in [4.69, 9.17) is 30.1 Å². The number of aliphatic hydroxyl groups is 3. The molecule has 17 heteroatoms. The van der Waals surface area contributed by atoms with E-state index in [1.807, 2.05) is 48.7 Å². The van der Waals surface area contributed by atoms with Gasteiger partial charge >= 0.3 is 0 Å². The molecule has 2 aliphatic rings. The van der Waals surface area contributed by atoms with E-state index < -0.39 is 54.9 Å². The van der Waals surface area contributed by atoms with E-state index in [9.17, 15) is 25.5 Å². The fourth-order valence-corrected chi connectivity index (χ4v) is 7.47. The number of hydrogen-bond donors (Lipinski definition) is 7. The van der Waals surface area contributed by atoms with E-state index in [1.54, 1.807) is 17.7 Å². The molecule has 0 radical (unpaired) electrons. The molecule has 9 N–H and O–H groups in total. The minimum absolute atomic E-state index is 0.110. The van der Waals surface area contributed by atoms with Crippen LogP contribution in [0.15, 0.2) is 84.0 Å². The Balaban J connectivity index is 1.07. The SMILES string of the molecule is CC1(c2cn(-c3oc(CO)c(O)c3O)c3ncnc(N)c23)CC(OC2C(O)[C@@H](CO)O[C@H]2n2cc(-c3ccc4ccccc4c3)c3c(N)ncnc32)=CO1. The molecule has 7 aromatic rings. The lowest BCUT2D eigenvalue weighted by Crippen LogP contribution is -2.35. The van der Waals surface area contributed by atoms with Gasteiger partial charge in [0, 0.05) is 23.5 Å². The van der Waals surface area contributed by atoms with Gasteiger partial charge in [0.1, 0.15) is 66.4 Å². The van der Waals surface area contributed by atoms with Crippen molar-refractivity contribution in [3.05, 3.63) is 90.9 Å². The van der Waals surface area contributed by atoms with Gasteiger partial charge in [0.15, 0.2) is 23.7 Å². The van der Waals surface area contributed by atoms with Crippen molar-refractivity contribution >= 4 is 44.5 Å². The van der Waals surface area contributed by atoms with E-state index in [0.717, 1.165) is 21.9 Å². The molecule has 0 bridgehead atoms. The number of ether oxygens (including phenoxy) is 3. The number of benzene rings is 2. The maximum Gasteiger partial charge on any atom is 0.252 e. The molecular formula is C37H34N8O9. The Morgan fingerprint density at radius 1 is 0.926 bits per heavy atom. The number of aromatic nitrogens is 6. The zero-order valence-corrected chi connectivity index (χ0v) is 28.6. The van der Waals surface area contributed by atoms with Crippen LogP contribution in [0.1, 0.15) is 30.9 Å². The summed E-state index contributed by atoms with van der Waals surface area (Å²) in [6, 6.07) is 14.0. The lowest BCUT2D eigenvalue weighted by molar-refractivity contribution is -0.0564. The number of nitrogens with two attached hydrogens (primary N) is 2. The number of aliphatic hydroxyl groups excluding tert-OH is 3. The van der Waals surface area contributed by atoms with Crippen LogP contribution in [0.4, 0.5) is 11.6 Å². The Labute approximate surface area is 304 Å². The van der Waals surface area contributed by atoms with E-state index in [2.05, 4.69) is 19.9 Å². The van der Waals surface area contributed by atoms with Crippen molar-refractivity contribution in [3.8, 4) is 28.5 Å². The molecule has 3 unspecified atom stereocenters. The van der Waals surface area contributed by atoms with E-state index >= 15 is 0 Å². The number of furan rings is 1. The first-order chi connectivity index (χ1) is 26.1. The van der Waals surface area contributed by atoms with Gasteiger partial charge in [-0.15, -0.1) is 0 Å². The van der Waals surface area contributed by atoms with Gasteiger partial charge in [0.25, 0.3) is 5.88 Å². The van der Waals surface area contributed by atoms with Crippen LogP contribution in [0.3, 0.4) is 0 Å². The van der Waals surface area contributed by atoms with Gasteiger partial charge in [-0.1, -0.05) is 36.4 Å². The Morgan fingerprint density at radius 2 is 1.67 bits per heavy atom. The smallest absolute Gasteiger partial charge is 0.252 e. The summed E-state index contributed by atoms with van der Waals surface area (Å²) >= 11 is 0. The van der Waals surface area contributed by atoms with E-state index in [-0.39, 0.29) is 35.3 Å². The largest absolute Gasteiger partial charge is 0.502 e. The molecule has 54 heavy (non-hydrogen) atoms. The van der Waals surface area contributed by atoms with Crippen molar-refractivity contribution in [2.24, 2.45) is 0 Å². The van der Waals surface area contributed by atoms with Crippen molar-refractivity contribution in [3.63, 3.8) is 0 Å². The summed E-state index contributed by atoms with van der Waals surface area (Å²) in [7, 11) is 0. The summed E-state index contributed by atoms with van der Waals surface area (Å²) in [4.78, 5) is 17.3. The molecule has 0 aliphatic carbocycles. The van der Waals surface area contributed by atoms with Gasteiger partial charge in [0.2, 0.25) is 11.5 Å². The average molecular weight is 735 g/mol. The minimum Gasteiger partial charge on any atom is -0.502 e. The second-order valence-corrected chi connectivity index (χ2v) is 13.5. The number of hydrogen-bond acceptors (Lipinski definition) is 15. The van der Waals surface area contributed by atoms with Crippen LogP contribution in [-0.4, -0.2) is 79.5 Å². The number of rotatable bonds is 8. The highest BCUT2D eigenvalue weighted by molar-refractivity contribution is 6.02. The lowest BCUT2D eigenvalue weighted by Gasteiger charge is -2.26. The van der Waals surface area contributed by atoms with Crippen LogP contribution in [-0.2, 0) is 26.4 Å². The van der Waals surface area contributed by atoms with Crippen molar-refractivity contribution in [2.45, 2.75) is 50.1 Å². The first-order valence-electron chi connectivity index (χ1n) is 16.9. The average Bonchev–Trinajstić information content (AvgIpc) is 3.99. The standard InChI is InChI=1S/C37H34N8O9/c1-37(22-11-45(34-26(22)32(39)41-16-43-34)35-29(50)27(48)23(12-46)53-35)9-20(14-51-37)52-30-28(49)24(13-47)54-36(30)44-10-21(25-31(38)40-15-42-33(25)44)19-7-6-17-4-2-3-5-18(17)8-19/h2-8,10-11,14-16,24,28,30,36,46-50H,9,12-13H2,1H3,(H2,38,40,42)(H2,39,41,43)/t24-,28?,30?,36-,37?/m1/s1. The summed E-state index contributed by atoms with van der Waals surface area (Å²) in [5.41, 5.74) is 14.4. The molecule has 5 aromatic heterocycles. The summed E-state index contributed by atoms with van der Waals surface area (Å²) in [6.07, 6.45) is 3.26. The highest BCUT2D eigenvalue weighted by Crippen LogP contribution is 2.48. The topological polar surface area (TPSA) is 255 Å². The maximum atomic E-state index is 11.5. The Morgan fingerprint density at radius 3 is 2.41 bits per heavy atom. The van der Waals surface area contributed by atoms with E-state index in [1.165, 1.54) is 23.5 Å². The third-order valence-corrected chi connectivity index (χ3v) is 10.2. The summed E-state index contributed by atoms with van der Waals surface area (Å²) in [5, 5.41) is 55.3. The number of nitrogens with zero attached hydrogens (tertiary/aromatic N) is 6.